The van der Waals surface area contributed by atoms with Gasteiger partial charge in [0.25, 0.3) is 6.47 Å². The second-order valence-electron chi connectivity index (χ2n) is 7.20. The van der Waals surface area contributed by atoms with Crippen molar-refractivity contribution in [2.45, 2.75) is 40.0 Å². The molecule has 0 aromatic heterocycles. The van der Waals surface area contributed by atoms with Crippen molar-refractivity contribution in [1.82, 2.24) is 0 Å². The highest BCUT2D eigenvalue weighted by Crippen LogP contribution is 2.32. The molecular formula is C23H28O6. The molecule has 0 bridgehead atoms. The highest BCUT2D eigenvalue weighted by Gasteiger charge is 2.16. The molecule has 2 rings (SSSR count). The normalized spacial score (nSPS) is 10.6. The quantitative estimate of drug-likeness (QED) is 0.316. The lowest BCUT2D eigenvalue weighted by atomic mass is 9.98. The summed E-state index contributed by atoms with van der Waals surface area (Å²) in [4.78, 5) is 22.6. The number of carbonyl (C=O) groups excluding carboxylic acids is 2. The predicted octanol–water partition coefficient (Wildman–Crippen LogP) is 4.70. The summed E-state index contributed by atoms with van der Waals surface area (Å²) in [6.45, 7) is 7.03. The van der Waals surface area contributed by atoms with Gasteiger partial charge in [-0.3, -0.25) is 9.59 Å². The van der Waals surface area contributed by atoms with Gasteiger partial charge in [0.05, 0.1) is 18.8 Å². The summed E-state index contributed by atoms with van der Waals surface area (Å²) in [5.74, 6) is 1.81. The summed E-state index contributed by atoms with van der Waals surface area (Å²) in [5.41, 5.74) is 0.917. The number of hydrogen-bond donors (Lipinski definition) is 1. The van der Waals surface area contributed by atoms with E-state index in [-0.39, 0.29) is 17.5 Å². The van der Waals surface area contributed by atoms with Crippen LogP contribution in [0.4, 0.5) is 0 Å². The predicted molar refractivity (Wildman–Crippen MR) is 110 cm³/mol. The summed E-state index contributed by atoms with van der Waals surface area (Å²) < 4.78 is 16.2. The molecule has 29 heavy (non-hydrogen) atoms. The fraction of sp³-hybridized carbons (Fsp3) is 0.391. The first-order valence-corrected chi connectivity index (χ1v) is 9.74. The van der Waals surface area contributed by atoms with Crippen LogP contribution in [0.25, 0.3) is 0 Å². The molecule has 2 aromatic carbocycles. The molecule has 0 saturated heterocycles. The van der Waals surface area contributed by atoms with Gasteiger partial charge in [-0.2, -0.15) is 0 Å². The molecular weight excluding hydrogens is 372 g/mol. The van der Waals surface area contributed by atoms with Crippen molar-refractivity contribution in [2.24, 2.45) is 5.92 Å². The van der Waals surface area contributed by atoms with Gasteiger partial charge in [0, 0.05) is 18.1 Å². The number of hydrogen-bond acceptors (Lipinski definition) is 6. The number of rotatable bonds is 12. The number of benzene rings is 2. The molecule has 156 valence electrons. The van der Waals surface area contributed by atoms with Crippen LogP contribution >= 0.6 is 0 Å². The highest BCUT2D eigenvalue weighted by molar-refractivity contribution is 5.99. The molecule has 0 aliphatic carbocycles. The van der Waals surface area contributed by atoms with E-state index in [1.807, 2.05) is 13.8 Å². The average molecular weight is 400 g/mol. The molecule has 6 nitrogen and oxygen atoms in total. The van der Waals surface area contributed by atoms with Crippen molar-refractivity contribution < 1.29 is 28.9 Å². The third kappa shape index (κ3) is 6.82. The first-order valence-electron chi connectivity index (χ1n) is 9.74. The van der Waals surface area contributed by atoms with E-state index in [4.69, 9.17) is 14.2 Å². The maximum atomic E-state index is 12.2. The Morgan fingerprint density at radius 2 is 1.76 bits per heavy atom. The zero-order valence-corrected chi connectivity index (χ0v) is 17.1. The van der Waals surface area contributed by atoms with E-state index >= 15 is 0 Å². The first kappa shape index (κ1) is 22.3. The Morgan fingerprint density at radius 1 is 1.07 bits per heavy atom. The summed E-state index contributed by atoms with van der Waals surface area (Å²) in [7, 11) is 0. The van der Waals surface area contributed by atoms with Crippen molar-refractivity contribution in [2.75, 3.05) is 13.2 Å². The van der Waals surface area contributed by atoms with Crippen LogP contribution in [-0.4, -0.2) is 30.6 Å². The SMILES string of the molecule is Cc1c(OCCCCOc2cccc(OC=O)c2)ccc(C(=O)CC(C)C)c1O. The van der Waals surface area contributed by atoms with Crippen LogP contribution in [0.5, 0.6) is 23.0 Å². The molecule has 0 aliphatic heterocycles. The molecule has 0 amide bonds. The molecule has 0 unspecified atom stereocenters. The van der Waals surface area contributed by atoms with Crippen LogP contribution < -0.4 is 14.2 Å². The zero-order chi connectivity index (χ0) is 21.2. The number of unbranched alkanes of at least 4 members (excludes halogenated alkanes) is 1. The third-order valence-corrected chi connectivity index (χ3v) is 4.33. The topological polar surface area (TPSA) is 82.1 Å². The fourth-order valence-electron chi connectivity index (χ4n) is 2.81. The van der Waals surface area contributed by atoms with E-state index in [0.717, 1.165) is 12.8 Å². The van der Waals surface area contributed by atoms with Crippen molar-refractivity contribution in [1.29, 1.82) is 0 Å². The van der Waals surface area contributed by atoms with Gasteiger partial charge >= 0.3 is 0 Å². The summed E-state index contributed by atoms with van der Waals surface area (Å²) >= 11 is 0. The second-order valence-corrected chi connectivity index (χ2v) is 7.20. The Bertz CT molecular complexity index is 828. The third-order valence-electron chi connectivity index (χ3n) is 4.33. The van der Waals surface area contributed by atoms with Crippen molar-refractivity contribution in [3.05, 3.63) is 47.5 Å². The zero-order valence-electron chi connectivity index (χ0n) is 17.1. The fourth-order valence-corrected chi connectivity index (χ4v) is 2.81. The number of aromatic hydroxyl groups is 1. The monoisotopic (exact) mass is 400 g/mol. The van der Waals surface area contributed by atoms with Gasteiger partial charge in [-0.05, 0) is 49.9 Å². The molecule has 2 aromatic rings. The molecule has 0 heterocycles. The van der Waals surface area contributed by atoms with Crippen LogP contribution in [0.2, 0.25) is 0 Å². The summed E-state index contributed by atoms with van der Waals surface area (Å²) in [5, 5.41) is 10.3. The number of phenols is 1. The lowest BCUT2D eigenvalue weighted by Gasteiger charge is -2.13. The van der Waals surface area contributed by atoms with E-state index < -0.39 is 0 Å². The van der Waals surface area contributed by atoms with Gasteiger partial charge in [-0.25, -0.2) is 0 Å². The molecule has 0 radical (unpaired) electrons. The maximum Gasteiger partial charge on any atom is 0.298 e. The van der Waals surface area contributed by atoms with E-state index in [2.05, 4.69) is 0 Å². The van der Waals surface area contributed by atoms with Gasteiger partial charge in [0.1, 0.15) is 23.0 Å². The molecule has 0 fully saturated rings. The largest absolute Gasteiger partial charge is 0.507 e. The minimum absolute atomic E-state index is 0.00564. The van der Waals surface area contributed by atoms with Crippen LogP contribution in [0.3, 0.4) is 0 Å². The standard InChI is InChI=1S/C23H28O6/c1-16(2)13-21(25)20-9-10-22(17(3)23(20)26)28-12-5-4-11-27-18-7-6-8-19(14-18)29-15-24/h6-10,14-16,26H,4-5,11-13H2,1-3H3. The molecule has 0 aliphatic rings. The van der Waals surface area contributed by atoms with E-state index in [0.29, 0.717) is 54.5 Å². The first-order chi connectivity index (χ1) is 13.9. The van der Waals surface area contributed by atoms with Crippen LogP contribution in [0.1, 0.15) is 49.0 Å². The highest BCUT2D eigenvalue weighted by atomic mass is 16.5. The van der Waals surface area contributed by atoms with Gasteiger partial charge in [0.15, 0.2) is 5.78 Å². The minimum Gasteiger partial charge on any atom is -0.507 e. The number of carbonyl (C=O) groups is 2. The Morgan fingerprint density at radius 3 is 2.45 bits per heavy atom. The Labute approximate surface area is 171 Å². The second kappa shape index (κ2) is 11.1. The molecule has 0 saturated carbocycles. The van der Waals surface area contributed by atoms with Crippen molar-refractivity contribution in [3.63, 3.8) is 0 Å². The molecule has 6 heteroatoms. The average Bonchev–Trinajstić information content (AvgIpc) is 2.67. The lowest BCUT2D eigenvalue weighted by molar-refractivity contribution is -0.120. The van der Waals surface area contributed by atoms with Crippen LogP contribution in [0.15, 0.2) is 36.4 Å². The Hall–Kier alpha value is -3.02. The minimum atomic E-state index is -0.0630. The summed E-state index contributed by atoms with van der Waals surface area (Å²) in [6.07, 6.45) is 1.94. The van der Waals surface area contributed by atoms with Gasteiger partial charge in [0.2, 0.25) is 0 Å². The number of ketones is 1. The number of phenolic OH excluding ortho intramolecular Hbond substituents is 1. The van der Waals surface area contributed by atoms with E-state index in [9.17, 15) is 14.7 Å². The maximum absolute atomic E-state index is 12.2. The lowest BCUT2D eigenvalue weighted by Crippen LogP contribution is -2.06. The molecule has 0 atom stereocenters. The van der Waals surface area contributed by atoms with Crippen molar-refractivity contribution >= 4 is 12.3 Å². The molecule has 0 spiro atoms. The van der Waals surface area contributed by atoms with Crippen LogP contribution in [0, 0.1) is 12.8 Å². The van der Waals surface area contributed by atoms with Gasteiger partial charge in [-0.1, -0.05) is 19.9 Å². The Balaban J connectivity index is 1.77. The number of Topliss-reactive ketones (excluding diaryl/α,β-unsaturated/α-hetero) is 1. The van der Waals surface area contributed by atoms with Crippen LogP contribution in [-0.2, 0) is 4.79 Å². The van der Waals surface area contributed by atoms with Gasteiger partial charge in [-0.15, -0.1) is 0 Å². The summed E-state index contributed by atoms with van der Waals surface area (Å²) in [6, 6.07) is 10.2. The van der Waals surface area contributed by atoms with Crippen molar-refractivity contribution in [3.8, 4) is 23.0 Å². The van der Waals surface area contributed by atoms with E-state index in [1.54, 1.807) is 43.3 Å². The Kier molecular flexibility index (Phi) is 8.52. The van der Waals surface area contributed by atoms with E-state index in [1.165, 1.54) is 0 Å². The number of ether oxygens (including phenoxy) is 3. The molecule has 1 N–H and O–H groups in total. The van der Waals surface area contributed by atoms with Gasteiger partial charge < -0.3 is 19.3 Å². The smallest absolute Gasteiger partial charge is 0.298 e.